The highest BCUT2D eigenvalue weighted by atomic mass is 35.5. The van der Waals surface area contributed by atoms with E-state index >= 15 is 0 Å². The number of benzene rings is 3. The van der Waals surface area contributed by atoms with Gasteiger partial charge in [-0.25, -0.2) is 4.39 Å². The van der Waals surface area contributed by atoms with Crippen LogP contribution in [0.25, 0.3) is 0 Å². The van der Waals surface area contributed by atoms with Gasteiger partial charge in [0, 0.05) is 11.3 Å². The van der Waals surface area contributed by atoms with Crippen LogP contribution in [0.2, 0.25) is 5.02 Å². The maximum Gasteiger partial charge on any atom is 0.265 e. The highest BCUT2D eigenvalue weighted by molar-refractivity contribution is 6.32. The van der Waals surface area contributed by atoms with Crippen LogP contribution in [0.15, 0.2) is 71.9 Å². The number of oxime groups is 1. The van der Waals surface area contributed by atoms with E-state index in [2.05, 4.69) is 10.5 Å². The van der Waals surface area contributed by atoms with Crippen molar-refractivity contribution in [3.8, 4) is 11.5 Å². The van der Waals surface area contributed by atoms with E-state index in [9.17, 15) is 9.18 Å². The molecule has 8 heteroatoms. The van der Waals surface area contributed by atoms with E-state index in [0.29, 0.717) is 27.8 Å². The van der Waals surface area contributed by atoms with Crippen LogP contribution in [0.5, 0.6) is 11.5 Å². The van der Waals surface area contributed by atoms with Crippen molar-refractivity contribution in [3.05, 3.63) is 88.7 Å². The zero-order chi connectivity index (χ0) is 22.1. The third kappa shape index (κ3) is 6.72. The van der Waals surface area contributed by atoms with Gasteiger partial charge in [-0.2, -0.15) is 0 Å². The predicted octanol–water partition coefficient (Wildman–Crippen LogP) is 5.06. The predicted molar refractivity (Wildman–Crippen MR) is 117 cm³/mol. The fraction of sp³-hybridized carbons (Fsp3) is 0.130. The highest BCUT2D eigenvalue weighted by Crippen LogP contribution is 2.36. The second-order valence-corrected chi connectivity index (χ2v) is 6.78. The molecule has 0 aliphatic carbocycles. The normalized spacial score (nSPS) is 10.7. The van der Waals surface area contributed by atoms with Crippen LogP contribution >= 0.6 is 11.6 Å². The number of hydrogen-bond donors (Lipinski definition) is 1. The van der Waals surface area contributed by atoms with Gasteiger partial charge in [-0.05, 0) is 42.0 Å². The zero-order valence-electron chi connectivity index (χ0n) is 16.7. The number of carbonyl (C=O) groups is 1. The van der Waals surface area contributed by atoms with Crippen molar-refractivity contribution >= 4 is 29.4 Å². The van der Waals surface area contributed by atoms with Crippen LogP contribution in [0, 0.1) is 5.82 Å². The molecule has 0 aromatic heterocycles. The zero-order valence-corrected chi connectivity index (χ0v) is 17.4. The van der Waals surface area contributed by atoms with Crippen LogP contribution in [-0.2, 0) is 16.2 Å². The number of nitrogens with zero attached hydrogens (tertiary/aromatic N) is 1. The van der Waals surface area contributed by atoms with E-state index in [0.717, 1.165) is 5.56 Å². The van der Waals surface area contributed by atoms with Gasteiger partial charge in [-0.1, -0.05) is 47.1 Å². The van der Waals surface area contributed by atoms with Gasteiger partial charge >= 0.3 is 0 Å². The number of ether oxygens (including phenoxy) is 2. The van der Waals surface area contributed by atoms with Crippen molar-refractivity contribution in [2.45, 2.75) is 6.61 Å². The SMILES string of the molecule is COc1cc(C=NOCC(=O)Nc2ccccc2)cc(Cl)c1OCc1ccc(F)cc1. The second-order valence-electron chi connectivity index (χ2n) is 6.37. The molecular weight excluding hydrogens is 423 g/mol. The van der Waals surface area contributed by atoms with Gasteiger partial charge in [0.15, 0.2) is 18.1 Å². The number of halogens is 2. The first-order valence-electron chi connectivity index (χ1n) is 9.30. The molecule has 0 radical (unpaired) electrons. The van der Waals surface area contributed by atoms with Crippen molar-refractivity contribution in [2.75, 3.05) is 19.0 Å². The summed E-state index contributed by atoms with van der Waals surface area (Å²) < 4.78 is 24.1. The first-order chi connectivity index (χ1) is 15.0. The quantitative estimate of drug-likeness (QED) is 0.371. The molecule has 0 unspecified atom stereocenters. The molecule has 0 heterocycles. The summed E-state index contributed by atoms with van der Waals surface area (Å²) in [7, 11) is 1.49. The number of hydrogen-bond acceptors (Lipinski definition) is 5. The third-order valence-corrected chi connectivity index (χ3v) is 4.36. The molecule has 0 saturated heterocycles. The van der Waals surface area contributed by atoms with Gasteiger partial charge < -0.3 is 19.6 Å². The molecule has 31 heavy (non-hydrogen) atoms. The summed E-state index contributed by atoms with van der Waals surface area (Å²) in [5.41, 5.74) is 2.06. The molecule has 0 saturated carbocycles. The van der Waals surface area contributed by atoms with E-state index < -0.39 is 0 Å². The van der Waals surface area contributed by atoms with Crippen molar-refractivity contribution in [1.82, 2.24) is 0 Å². The molecule has 160 valence electrons. The maximum absolute atomic E-state index is 13.0. The standard InChI is InChI=1S/C23H20ClFN2O4/c1-29-21-12-17(13-26-31-15-22(28)27-19-5-3-2-4-6-19)11-20(24)23(21)30-14-16-7-9-18(25)10-8-16/h2-13H,14-15H2,1H3,(H,27,28). The number of amides is 1. The Morgan fingerprint density at radius 3 is 2.58 bits per heavy atom. The van der Waals surface area contributed by atoms with Gasteiger partial charge in [0.1, 0.15) is 12.4 Å². The van der Waals surface area contributed by atoms with Crippen LogP contribution in [-0.4, -0.2) is 25.8 Å². The molecular formula is C23H20ClFN2O4. The summed E-state index contributed by atoms with van der Waals surface area (Å²) in [5, 5.41) is 6.79. The van der Waals surface area contributed by atoms with Crippen molar-refractivity contribution < 1.29 is 23.5 Å². The van der Waals surface area contributed by atoms with E-state index in [4.69, 9.17) is 25.9 Å². The largest absolute Gasteiger partial charge is 0.493 e. The minimum atomic E-state index is -0.330. The number of carbonyl (C=O) groups excluding carboxylic acids is 1. The maximum atomic E-state index is 13.0. The van der Waals surface area contributed by atoms with Crippen LogP contribution in [0.4, 0.5) is 10.1 Å². The number of rotatable bonds is 9. The summed E-state index contributed by atoms with van der Waals surface area (Å²) in [6.07, 6.45) is 1.41. The fourth-order valence-corrected chi connectivity index (χ4v) is 2.88. The molecule has 6 nitrogen and oxygen atoms in total. The Hall–Kier alpha value is -3.58. The number of anilines is 1. The Morgan fingerprint density at radius 2 is 1.87 bits per heavy atom. The lowest BCUT2D eigenvalue weighted by molar-refractivity contribution is -0.120. The van der Waals surface area contributed by atoms with Crippen LogP contribution in [0.3, 0.4) is 0 Å². The average molecular weight is 443 g/mol. The monoisotopic (exact) mass is 442 g/mol. The minimum absolute atomic E-state index is 0.198. The summed E-state index contributed by atoms with van der Waals surface area (Å²) in [5.74, 6) is 0.109. The van der Waals surface area contributed by atoms with Gasteiger partial charge in [-0.3, -0.25) is 4.79 Å². The Labute approximate surface area is 184 Å². The Kier molecular flexibility index (Phi) is 7.84. The first-order valence-corrected chi connectivity index (χ1v) is 9.68. The van der Waals surface area contributed by atoms with Gasteiger partial charge in [0.2, 0.25) is 0 Å². The summed E-state index contributed by atoms with van der Waals surface area (Å²) in [6.45, 7) is -0.0431. The summed E-state index contributed by atoms with van der Waals surface area (Å²) in [4.78, 5) is 16.9. The molecule has 0 aliphatic heterocycles. The van der Waals surface area contributed by atoms with Gasteiger partial charge in [-0.15, -0.1) is 0 Å². The van der Waals surface area contributed by atoms with Crippen molar-refractivity contribution in [1.29, 1.82) is 0 Å². The van der Waals surface area contributed by atoms with Gasteiger partial charge in [0.05, 0.1) is 18.3 Å². The first kappa shape index (κ1) is 22.1. The number of para-hydroxylation sites is 1. The topological polar surface area (TPSA) is 69.2 Å². The highest BCUT2D eigenvalue weighted by Gasteiger charge is 2.12. The number of methoxy groups -OCH3 is 1. The molecule has 1 N–H and O–H groups in total. The summed E-state index contributed by atoms with van der Waals surface area (Å²) >= 11 is 6.33. The van der Waals surface area contributed by atoms with Gasteiger partial charge in [0.25, 0.3) is 5.91 Å². The van der Waals surface area contributed by atoms with E-state index in [1.807, 2.05) is 18.2 Å². The van der Waals surface area contributed by atoms with E-state index in [1.165, 1.54) is 25.5 Å². The lowest BCUT2D eigenvalue weighted by atomic mass is 10.2. The molecule has 1 amide bonds. The Morgan fingerprint density at radius 1 is 1.13 bits per heavy atom. The average Bonchev–Trinajstić information content (AvgIpc) is 2.77. The van der Waals surface area contributed by atoms with Crippen molar-refractivity contribution in [3.63, 3.8) is 0 Å². The third-order valence-electron chi connectivity index (χ3n) is 4.08. The van der Waals surface area contributed by atoms with Crippen LogP contribution < -0.4 is 14.8 Å². The smallest absolute Gasteiger partial charge is 0.265 e. The molecule has 3 aromatic carbocycles. The molecule has 0 aliphatic rings. The minimum Gasteiger partial charge on any atom is -0.493 e. The Bertz CT molecular complexity index is 1040. The molecule has 3 aromatic rings. The van der Waals surface area contributed by atoms with Crippen molar-refractivity contribution in [2.24, 2.45) is 5.16 Å². The summed E-state index contributed by atoms with van der Waals surface area (Å²) in [6, 6.07) is 18.3. The lowest BCUT2D eigenvalue weighted by Crippen LogP contribution is -2.16. The molecule has 0 spiro atoms. The number of nitrogens with one attached hydrogen (secondary N) is 1. The molecule has 3 rings (SSSR count). The molecule has 0 atom stereocenters. The second kappa shape index (κ2) is 11.0. The molecule has 0 bridgehead atoms. The van der Waals surface area contributed by atoms with E-state index in [-0.39, 0.29) is 24.9 Å². The lowest BCUT2D eigenvalue weighted by Gasteiger charge is -2.13. The van der Waals surface area contributed by atoms with Crippen LogP contribution in [0.1, 0.15) is 11.1 Å². The Balaban J connectivity index is 1.57. The molecule has 0 fully saturated rings. The van der Waals surface area contributed by atoms with E-state index in [1.54, 1.807) is 36.4 Å². The fourth-order valence-electron chi connectivity index (χ4n) is 2.60.